The molecule has 0 saturated heterocycles. The largest absolute Gasteiger partial charge is 0.311 e. The van der Waals surface area contributed by atoms with Gasteiger partial charge in [0.2, 0.25) is 6.71 Å². The highest BCUT2D eigenvalue weighted by Gasteiger charge is 2.45. The normalized spacial score (nSPS) is 13.3. The van der Waals surface area contributed by atoms with E-state index in [0.29, 0.717) is 17.8 Å². The maximum atomic E-state index is 2.65. The number of benzene rings is 6. The molecule has 48 heavy (non-hydrogen) atoms. The van der Waals surface area contributed by atoms with Crippen molar-refractivity contribution in [2.24, 2.45) is 0 Å². The molecule has 0 amide bonds. The van der Waals surface area contributed by atoms with E-state index in [4.69, 9.17) is 0 Å². The zero-order valence-corrected chi connectivity index (χ0v) is 29.5. The first-order chi connectivity index (χ1) is 23.3. The highest BCUT2D eigenvalue weighted by atomic mass is 32.1. The third-order valence-corrected chi connectivity index (χ3v) is 11.9. The molecule has 6 aromatic carbocycles. The summed E-state index contributed by atoms with van der Waals surface area (Å²) in [5.74, 6) is 1.21. The molecule has 0 saturated carbocycles. The standard InChI is InChI=1S/C45H40BNS/c1-26(2)31-13-7-9-19-39(31)47-40-24-30(29-21-22-35-34-14-8-10-20-41(34)48-42(35)25-29)23-37-36-17-11-15-32(27(3)4)43(36)46(44(37)40)38-18-12-16-33(28(5)6)45(38)47/h7-28H,1-6H3. The molecule has 2 aliphatic heterocycles. The fourth-order valence-electron chi connectivity index (χ4n) is 8.61. The van der Waals surface area contributed by atoms with Crippen LogP contribution in [0.5, 0.6) is 0 Å². The van der Waals surface area contributed by atoms with Crippen molar-refractivity contribution in [2.75, 3.05) is 4.90 Å². The van der Waals surface area contributed by atoms with E-state index in [1.807, 2.05) is 11.3 Å². The summed E-state index contributed by atoms with van der Waals surface area (Å²) in [5, 5.41) is 2.69. The van der Waals surface area contributed by atoms with Crippen LogP contribution in [0.3, 0.4) is 0 Å². The van der Waals surface area contributed by atoms with Gasteiger partial charge in [-0.05, 0) is 98.0 Å². The van der Waals surface area contributed by atoms with Crippen LogP contribution in [0.25, 0.3) is 42.4 Å². The summed E-state index contributed by atoms with van der Waals surface area (Å²) in [6, 6.07) is 44.1. The van der Waals surface area contributed by atoms with Crippen molar-refractivity contribution < 1.29 is 0 Å². The average Bonchev–Trinajstić information content (AvgIpc) is 3.64. The molecule has 3 heterocycles. The van der Waals surface area contributed by atoms with Crippen LogP contribution in [-0.2, 0) is 0 Å². The maximum absolute atomic E-state index is 2.65. The molecule has 0 N–H and O–H groups in total. The second kappa shape index (κ2) is 11.0. The number of hydrogen-bond acceptors (Lipinski definition) is 2. The predicted octanol–water partition coefficient (Wildman–Crippen LogP) is 11.4. The molecule has 1 nitrogen and oxygen atoms in total. The molecule has 7 aromatic rings. The summed E-state index contributed by atoms with van der Waals surface area (Å²) < 4.78 is 2.69. The van der Waals surface area contributed by atoms with Gasteiger partial charge in [0, 0.05) is 37.2 Å². The van der Waals surface area contributed by atoms with E-state index in [1.165, 1.54) is 92.6 Å². The van der Waals surface area contributed by atoms with Crippen LogP contribution in [0.4, 0.5) is 17.1 Å². The molecule has 0 aliphatic carbocycles. The Morgan fingerprint density at radius 3 is 2.00 bits per heavy atom. The Hall–Kier alpha value is -4.60. The summed E-state index contributed by atoms with van der Waals surface area (Å²) >= 11 is 1.90. The number of fused-ring (bicyclic) bond motifs is 8. The molecule has 1 aromatic heterocycles. The first-order valence-electron chi connectivity index (χ1n) is 17.6. The minimum atomic E-state index is 0.207. The van der Waals surface area contributed by atoms with Gasteiger partial charge in [-0.2, -0.15) is 0 Å². The molecule has 234 valence electrons. The Balaban J connectivity index is 1.40. The van der Waals surface area contributed by atoms with Crippen molar-refractivity contribution in [1.29, 1.82) is 0 Å². The highest BCUT2D eigenvalue weighted by molar-refractivity contribution is 7.25. The number of hydrogen-bond donors (Lipinski definition) is 0. The number of anilines is 3. The highest BCUT2D eigenvalue weighted by Crippen LogP contribution is 2.48. The second-order valence-electron chi connectivity index (χ2n) is 14.7. The van der Waals surface area contributed by atoms with E-state index in [0.717, 1.165) is 0 Å². The minimum absolute atomic E-state index is 0.207. The molecule has 0 bridgehead atoms. The van der Waals surface area contributed by atoms with Gasteiger partial charge in [0.25, 0.3) is 0 Å². The molecule has 2 aliphatic rings. The lowest BCUT2D eigenvalue weighted by atomic mass is 9.36. The van der Waals surface area contributed by atoms with E-state index >= 15 is 0 Å². The van der Waals surface area contributed by atoms with Crippen LogP contribution in [0.1, 0.15) is 76.0 Å². The molecule has 0 spiro atoms. The Morgan fingerprint density at radius 1 is 0.500 bits per heavy atom. The third-order valence-electron chi connectivity index (χ3n) is 10.8. The van der Waals surface area contributed by atoms with Crippen LogP contribution >= 0.6 is 11.3 Å². The number of para-hydroxylation sites is 2. The van der Waals surface area contributed by atoms with Crippen LogP contribution in [0, 0.1) is 0 Å². The Morgan fingerprint density at radius 2 is 1.19 bits per heavy atom. The smallest absolute Gasteiger partial charge is 0.248 e. The monoisotopic (exact) mass is 637 g/mol. The fraction of sp³-hybridized carbons (Fsp3) is 0.200. The molecule has 0 atom stereocenters. The van der Waals surface area contributed by atoms with Crippen LogP contribution < -0.4 is 21.3 Å². The van der Waals surface area contributed by atoms with Crippen molar-refractivity contribution in [3.8, 4) is 22.3 Å². The van der Waals surface area contributed by atoms with E-state index in [-0.39, 0.29) is 6.71 Å². The van der Waals surface area contributed by atoms with Crippen LogP contribution in [0.2, 0.25) is 0 Å². The van der Waals surface area contributed by atoms with Crippen molar-refractivity contribution in [3.05, 3.63) is 132 Å². The fourth-order valence-corrected chi connectivity index (χ4v) is 9.75. The first kappa shape index (κ1) is 29.5. The third kappa shape index (κ3) is 4.23. The lowest BCUT2D eigenvalue weighted by Gasteiger charge is -2.40. The maximum Gasteiger partial charge on any atom is 0.248 e. The molecule has 9 rings (SSSR count). The minimum Gasteiger partial charge on any atom is -0.311 e. The summed E-state index contributed by atoms with van der Waals surface area (Å²) in [5.41, 5.74) is 18.0. The molecule has 0 radical (unpaired) electrons. The molecular formula is C45H40BNS. The molecule has 0 unspecified atom stereocenters. The van der Waals surface area contributed by atoms with Crippen molar-refractivity contribution in [3.63, 3.8) is 0 Å². The lowest BCUT2D eigenvalue weighted by Crippen LogP contribution is -2.56. The summed E-state index contributed by atoms with van der Waals surface area (Å²) in [6.07, 6.45) is 0. The van der Waals surface area contributed by atoms with Crippen molar-refractivity contribution >= 4 is 71.7 Å². The van der Waals surface area contributed by atoms with Gasteiger partial charge in [-0.1, -0.05) is 132 Å². The Kier molecular flexibility index (Phi) is 6.75. The van der Waals surface area contributed by atoms with Crippen LogP contribution in [-0.4, -0.2) is 6.71 Å². The van der Waals surface area contributed by atoms with Gasteiger partial charge in [0.05, 0.1) is 0 Å². The molecule has 3 heteroatoms. The SMILES string of the molecule is CC(C)c1ccccc1N1c2cc(-c3ccc4c(c3)sc3ccccc34)cc3c2B(c2cccc(C(C)C)c21)c1c-3cccc1C(C)C. The van der Waals surface area contributed by atoms with Crippen LogP contribution in [0.15, 0.2) is 115 Å². The van der Waals surface area contributed by atoms with E-state index in [2.05, 4.69) is 162 Å². The number of rotatable bonds is 5. The molecule has 0 fully saturated rings. The van der Waals surface area contributed by atoms with Gasteiger partial charge in [0.1, 0.15) is 0 Å². The summed E-state index contributed by atoms with van der Waals surface area (Å²) in [6.45, 7) is 14.3. The topological polar surface area (TPSA) is 3.24 Å². The van der Waals surface area contributed by atoms with Gasteiger partial charge in [-0.3, -0.25) is 0 Å². The quantitative estimate of drug-likeness (QED) is 0.170. The van der Waals surface area contributed by atoms with Gasteiger partial charge in [-0.15, -0.1) is 11.3 Å². The van der Waals surface area contributed by atoms with E-state index in [9.17, 15) is 0 Å². The zero-order valence-electron chi connectivity index (χ0n) is 28.6. The summed E-state index contributed by atoms with van der Waals surface area (Å²) in [7, 11) is 0. The Bertz CT molecular complexity index is 2410. The van der Waals surface area contributed by atoms with E-state index < -0.39 is 0 Å². The lowest BCUT2D eigenvalue weighted by molar-refractivity contribution is 0.855. The van der Waals surface area contributed by atoms with Gasteiger partial charge < -0.3 is 4.90 Å². The van der Waals surface area contributed by atoms with Gasteiger partial charge >= 0.3 is 0 Å². The van der Waals surface area contributed by atoms with Crippen molar-refractivity contribution in [1.82, 2.24) is 0 Å². The average molecular weight is 638 g/mol. The number of nitrogens with zero attached hydrogens (tertiary/aromatic N) is 1. The van der Waals surface area contributed by atoms with E-state index in [1.54, 1.807) is 0 Å². The van der Waals surface area contributed by atoms with Gasteiger partial charge in [-0.25, -0.2) is 0 Å². The van der Waals surface area contributed by atoms with Crippen molar-refractivity contribution in [2.45, 2.75) is 59.3 Å². The first-order valence-corrected chi connectivity index (χ1v) is 18.4. The predicted molar refractivity (Wildman–Crippen MR) is 212 cm³/mol. The molecular weight excluding hydrogens is 597 g/mol. The number of thiophene rings is 1. The zero-order chi connectivity index (χ0) is 32.8. The van der Waals surface area contributed by atoms with Gasteiger partial charge in [0.15, 0.2) is 0 Å². The second-order valence-corrected chi connectivity index (χ2v) is 15.7. The summed E-state index contributed by atoms with van der Waals surface area (Å²) in [4.78, 5) is 2.65. The Labute approximate surface area is 289 Å².